The predicted molar refractivity (Wildman–Crippen MR) is 105 cm³/mol. The average molecular weight is 383 g/mol. The number of aryl methyl sites for hydroxylation is 1. The third-order valence-electron chi connectivity index (χ3n) is 3.87. The highest BCUT2D eigenvalue weighted by atomic mass is 32.2. The van der Waals surface area contributed by atoms with Gasteiger partial charge in [0.2, 0.25) is 10.0 Å². The van der Waals surface area contributed by atoms with Crippen LogP contribution >= 0.6 is 0 Å². The first-order valence-electron chi connectivity index (χ1n) is 8.47. The number of hydrogen-bond acceptors (Lipinski definition) is 4. The van der Waals surface area contributed by atoms with E-state index in [1.807, 2.05) is 42.0 Å². The summed E-state index contributed by atoms with van der Waals surface area (Å²) in [4.78, 5) is 4.27. The molecule has 0 radical (unpaired) electrons. The fraction of sp³-hybridized carbons (Fsp3) is 0.150. The van der Waals surface area contributed by atoms with Crippen LogP contribution in [0, 0.1) is 6.92 Å². The first kappa shape index (κ1) is 18.9. The Bertz CT molecular complexity index is 978. The van der Waals surface area contributed by atoms with Gasteiger partial charge in [-0.05, 0) is 43.3 Å². The van der Waals surface area contributed by atoms with Crippen molar-refractivity contribution in [2.45, 2.75) is 11.8 Å². The smallest absolute Gasteiger partial charge is 0.240 e. The van der Waals surface area contributed by atoms with Gasteiger partial charge in [0.1, 0.15) is 12.4 Å². The van der Waals surface area contributed by atoms with Crippen molar-refractivity contribution in [2.75, 3.05) is 13.2 Å². The summed E-state index contributed by atoms with van der Waals surface area (Å²) in [5.74, 6) is 0.740. The van der Waals surface area contributed by atoms with Crippen LogP contribution in [0.3, 0.4) is 0 Å². The molecule has 3 aromatic rings. The van der Waals surface area contributed by atoms with Gasteiger partial charge in [0.15, 0.2) is 0 Å². The Morgan fingerprint density at radius 2 is 1.81 bits per heavy atom. The topological polar surface area (TPSA) is 73.2 Å². The van der Waals surface area contributed by atoms with Gasteiger partial charge < -0.3 is 9.30 Å². The van der Waals surface area contributed by atoms with Crippen LogP contribution in [0.5, 0.6) is 5.75 Å². The number of hydrogen-bond donors (Lipinski definition) is 1. The summed E-state index contributed by atoms with van der Waals surface area (Å²) in [7, 11) is -3.49. The maximum atomic E-state index is 12.1. The molecule has 0 atom stereocenters. The normalized spacial score (nSPS) is 11.7. The highest BCUT2D eigenvalue weighted by Crippen LogP contribution is 2.15. The molecule has 6 nitrogen and oxygen atoms in total. The first-order valence-corrected chi connectivity index (χ1v) is 9.95. The molecular formula is C20H21N3O3S. The van der Waals surface area contributed by atoms with E-state index in [4.69, 9.17) is 4.74 Å². The summed E-state index contributed by atoms with van der Waals surface area (Å²) >= 11 is 0. The fourth-order valence-corrected chi connectivity index (χ4v) is 3.36. The lowest BCUT2D eigenvalue weighted by Crippen LogP contribution is -2.23. The molecule has 3 rings (SSSR count). The fourth-order valence-electron chi connectivity index (χ4n) is 2.38. The van der Waals surface area contributed by atoms with Crippen molar-refractivity contribution in [3.05, 3.63) is 85.0 Å². The van der Waals surface area contributed by atoms with E-state index in [0.717, 1.165) is 17.0 Å². The number of aromatic nitrogens is 2. The van der Waals surface area contributed by atoms with Crippen molar-refractivity contribution in [3.8, 4) is 11.4 Å². The Hall–Kier alpha value is -2.90. The van der Waals surface area contributed by atoms with E-state index in [9.17, 15) is 8.42 Å². The lowest BCUT2D eigenvalue weighted by Gasteiger charge is -2.06. The molecule has 0 unspecified atom stereocenters. The number of rotatable bonds is 8. The second-order valence-corrected chi connectivity index (χ2v) is 7.68. The van der Waals surface area contributed by atoms with Gasteiger partial charge in [-0.25, -0.2) is 18.1 Å². The van der Waals surface area contributed by atoms with Gasteiger partial charge in [0.25, 0.3) is 0 Å². The quantitative estimate of drug-likeness (QED) is 0.607. The summed E-state index contributed by atoms with van der Waals surface area (Å²) in [6.45, 7) is 2.48. The Kier molecular flexibility index (Phi) is 6.05. The largest absolute Gasteiger partial charge is 0.490 e. The first-order chi connectivity index (χ1) is 13.0. The van der Waals surface area contributed by atoms with Gasteiger partial charge in [-0.3, -0.25) is 0 Å². The number of sulfonamides is 1. The van der Waals surface area contributed by atoms with Gasteiger partial charge in [0.05, 0.1) is 11.2 Å². The van der Waals surface area contributed by atoms with Crippen molar-refractivity contribution in [3.63, 3.8) is 0 Å². The van der Waals surface area contributed by atoms with E-state index in [0.29, 0.717) is 6.61 Å². The van der Waals surface area contributed by atoms with Gasteiger partial charge in [0, 0.05) is 24.6 Å². The molecule has 0 bridgehead atoms. The maximum absolute atomic E-state index is 12.1. The SMILES string of the molecule is Cc1ccc(S(=O)(=O)NC/C=C/COc2ccc(-n3ccnc3)cc2)cc1. The highest BCUT2D eigenvalue weighted by Gasteiger charge is 2.11. The molecule has 0 saturated heterocycles. The average Bonchev–Trinajstić information content (AvgIpc) is 3.20. The minimum atomic E-state index is -3.49. The van der Waals surface area contributed by atoms with E-state index in [1.54, 1.807) is 48.9 Å². The zero-order valence-corrected chi connectivity index (χ0v) is 15.8. The molecule has 1 heterocycles. The lowest BCUT2D eigenvalue weighted by atomic mass is 10.2. The number of ether oxygens (including phenoxy) is 1. The molecule has 2 aromatic carbocycles. The molecular weight excluding hydrogens is 362 g/mol. The van der Waals surface area contributed by atoms with Crippen molar-refractivity contribution >= 4 is 10.0 Å². The number of imidazole rings is 1. The number of benzene rings is 2. The predicted octanol–water partition coefficient (Wildman–Crippen LogP) is 3.09. The molecule has 0 amide bonds. The van der Waals surface area contributed by atoms with Gasteiger partial charge in [-0.2, -0.15) is 0 Å². The van der Waals surface area contributed by atoms with Crippen LogP contribution in [0.25, 0.3) is 5.69 Å². The minimum absolute atomic E-state index is 0.207. The molecule has 0 aliphatic rings. The molecule has 0 aliphatic carbocycles. The standard InChI is InChI=1S/C20H21N3O3S/c1-17-4-10-20(11-5-17)27(24,25)22-12-2-3-15-26-19-8-6-18(7-9-19)23-14-13-21-16-23/h2-11,13-14,16,22H,12,15H2,1H3/b3-2+. The Morgan fingerprint density at radius 3 is 2.48 bits per heavy atom. The summed E-state index contributed by atoms with van der Waals surface area (Å²) in [6, 6.07) is 14.4. The van der Waals surface area contributed by atoms with Gasteiger partial charge >= 0.3 is 0 Å². The van der Waals surface area contributed by atoms with Crippen LogP contribution in [0.2, 0.25) is 0 Å². The van der Waals surface area contributed by atoms with E-state index < -0.39 is 10.0 Å². The van der Waals surface area contributed by atoms with E-state index >= 15 is 0 Å². The third kappa shape index (κ3) is 5.29. The van der Waals surface area contributed by atoms with Crippen molar-refractivity contribution in [1.29, 1.82) is 0 Å². The second-order valence-electron chi connectivity index (χ2n) is 5.91. The zero-order chi connectivity index (χ0) is 19.1. The molecule has 0 fully saturated rings. The van der Waals surface area contributed by atoms with Crippen LogP contribution in [-0.4, -0.2) is 31.1 Å². The second kappa shape index (κ2) is 8.66. The monoisotopic (exact) mass is 383 g/mol. The summed E-state index contributed by atoms with van der Waals surface area (Å²) in [5.41, 5.74) is 2.02. The summed E-state index contributed by atoms with van der Waals surface area (Å²) in [5, 5.41) is 0. The van der Waals surface area contributed by atoms with E-state index in [1.165, 1.54) is 0 Å². The highest BCUT2D eigenvalue weighted by molar-refractivity contribution is 7.89. The van der Waals surface area contributed by atoms with Gasteiger partial charge in [-0.15, -0.1) is 0 Å². The maximum Gasteiger partial charge on any atom is 0.240 e. The van der Waals surface area contributed by atoms with Crippen LogP contribution < -0.4 is 9.46 Å². The Balaban J connectivity index is 1.44. The minimum Gasteiger partial charge on any atom is -0.490 e. The summed E-state index contributed by atoms with van der Waals surface area (Å²) < 4.78 is 34.4. The Labute approximate surface area is 159 Å². The zero-order valence-electron chi connectivity index (χ0n) is 14.9. The van der Waals surface area contributed by atoms with Crippen LogP contribution in [0.15, 0.2) is 84.3 Å². The number of nitrogens with zero attached hydrogens (tertiary/aromatic N) is 2. The van der Waals surface area contributed by atoms with Gasteiger partial charge in [-0.1, -0.05) is 29.8 Å². The van der Waals surface area contributed by atoms with Crippen molar-refractivity contribution in [2.24, 2.45) is 0 Å². The Morgan fingerprint density at radius 1 is 1.07 bits per heavy atom. The molecule has 7 heteroatoms. The number of nitrogens with one attached hydrogen (secondary N) is 1. The molecule has 1 N–H and O–H groups in total. The molecule has 1 aromatic heterocycles. The van der Waals surface area contributed by atoms with E-state index in [2.05, 4.69) is 9.71 Å². The third-order valence-corrected chi connectivity index (χ3v) is 5.31. The van der Waals surface area contributed by atoms with Crippen LogP contribution in [-0.2, 0) is 10.0 Å². The van der Waals surface area contributed by atoms with E-state index in [-0.39, 0.29) is 11.4 Å². The molecule has 0 aliphatic heterocycles. The lowest BCUT2D eigenvalue weighted by molar-refractivity contribution is 0.362. The summed E-state index contributed by atoms with van der Waals surface area (Å²) in [6.07, 6.45) is 8.84. The molecule has 0 spiro atoms. The van der Waals surface area contributed by atoms with Crippen molar-refractivity contribution in [1.82, 2.24) is 14.3 Å². The molecule has 0 saturated carbocycles. The van der Waals surface area contributed by atoms with Crippen LogP contribution in [0.4, 0.5) is 0 Å². The van der Waals surface area contributed by atoms with Crippen LogP contribution in [0.1, 0.15) is 5.56 Å². The molecule has 27 heavy (non-hydrogen) atoms. The molecule has 140 valence electrons. The van der Waals surface area contributed by atoms with Crippen molar-refractivity contribution < 1.29 is 13.2 Å².